The maximum absolute atomic E-state index is 12.1. The number of amides is 2. The highest BCUT2D eigenvalue weighted by Crippen LogP contribution is 2.12. The number of carbonyl (C=O) groups excluding carboxylic acids is 1. The summed E-state index contributed by atoms with van der Waals surface area (Å²) in [5.74, 6) is 0. The number of benzene rings is 1. The Morgan fingerprint density at radius 3 is 2.79 bits per heavy atom. The SMILES string of the molecule is CCOCN1CCN(C(=O)Nc2ccccc2)C1=S. The van der Waals surface area contributed by atoms with Gasteiger partial charge in [0.2, 0.25) is 0 Å². The Hall–Kier alpha value is -1.66. The molecule has 0 atom stereocenters. The number of thiocarbonyl (C=S) groups is 1. The van der Waals surface area contributed by atoms with Crippen molar-refractivity contribution in [3.63, 3.8) is 0 Å². The Kier molecular flexibility index (Phi) is 4.70. The molecule has 6 heteroatoms. The fraction of sp³-hybridized carbons (Fsp3) is 0.385. The molecular formula is C13H17N3O2S. The number of anilines is 1. The first kappa shape index (κ1) is 13.8. The molecule has 1 aliphatic heterocycles. The maximum Gasteiger partial charge on any atom is 0.328 e. The molecule has 0 spiro atoms. The van der Waals surface area contributed by atoms with Gasteiger partial charge in [-0.3, -0.25) is 4.90 Å². The lowest BCUT2D eigenvalue weighted by Gasteiger charge is -2.20. The molecule has 1 N–H and O–H groups in total. The summed E-state index contributed by atoms with van der Waals surface area (Å²) in [6.45, 7) is 4.30. The first-order valence-corrected chi connectivity index (χ1v) is 6.63. The zero-order valence-corrected chi connectivity index (χ0v) is 11.7. The summed E-state index contributed by atoms with van der Waals surface area (Å²) in [6, 6.07) is 9.14. The summed E-state index contributed by atoms with van der Waals surface area (Å²) in [5, 5.41) is 3.34. The van der Waals surface area contributed by atoms with Crippen LogP contribution in [0.15, 0.2) is 30.3 Å². The molecule has 0 saturated carbocycles. The first-order valence-electron chi connectivity index (χ1n) is 6.22. The van der Waals surface area contributed by atoms with E-state index in [1.54, 1.807) is 4.90 Å². The Labute approximate surface area is 118 Å². The number of urea groups is 1. The lowest BCUT2D eigenvalue weighted by atomic mass is 10.3. The van der Waals surface area contributed by atoms with Crippen LogP contribution in [-0.2, 0) is 4.74 Å². The van der Waals surface area contributed by atoms with E-state index in [0.29, 0.717) is 31.5 Å². The van der Waals surface area contributed by atoms with Crippen LogP contribution in [0.2, 0.25) is 0 Å². The van der Waals surface area contributed by atoms with E-state index < -0.39 is 0 Å². The van der Waals surface area contributed by atoms with Crippen molar-refractivity contribution in [3.8, 4) is 0 Å². The Bertz CT molecular complexity index is 452. The van der Waals surface area contributed by atoms with Crippen LogP contribution in [0.1, 0.15) is 6.92 Å². The van der Waals surface area contributed by atoms with Gasteiger partial charge in [-0.25, -0.2) is 4.79 Å². The molecule has 0 radical (unpaired) electrons. The lowest BCUT2D eigenvalue weighted by Crippen LogP contribution is -2.39. The predicted molar refractivity (Wildman–Crippen MR) is 78.0 cm³/mol. The fourth-order valence-electron chi connectivity index (χ4n) is 1.80. The average Bonchev–Trinajstić information content (AvgIpc) is 2.79. The smallest absolute Gasteiger partial charge is 0.328 e. The molecule has 0 aliphatic carbocycles. The maximum atomic E-state index is 12.1. The molecule has 1 saturated heterocycles. The average molecular weight is 279 g/mol. The van der Waals surface area contributed by atoms with Crippen LogP contribution in [-0.4, -0.2) is 47.4 Å². The molecule has 2 rings (SSSR count). The van der Waals surface area contributed by atoms with E-state index in [1.165, 1.54) is 0 Å². The molecule has 0 bridgehead atoms. The molecule has 2 amide bonds. The number of para-hydroxylation sites is 1. The van der Waals surface area contributed by atoms with Crippen molar-refractivity contribution < 1.29 is 9.53 Å². The van der Waals surface area contributed by atoms with Crippen LogP contribution in [0.5, 0.6) is 0 Å². The van der Waals surface area contributed by atoms with Crippen molar-refractivity contribution in [2.24, 2.45) is 0 Å². The van der Waals surface area contributed by atoms with Crippen molar-refractivity contribution in [3.05, 3.63) is 30.3 Å². The third-order valence-corrected chi connectivity index (χ3v) is 3.29. The van der Waals surface area contributed by atoms with Gasteiger partial charge in [-0.05, 0) is 31.3 Å². The minimum absolute atomic E-state index is 0.199. The van der Waals surface area contributed by atoms with E-state index in [-0.39, 0.29) is 6.03 Å². The van der Waals surface area contributed by atoms with E-state index in [4.69, 9.17) is 17.0 Å². The molecule has 0 aromatic heterocycles. The van der Waals surface area contributed by atoms with Gasteiger partial charge < -0.3 is 15.0 Å². The van der Waals surface area contributed by atoms with Crippen molar-refractivity contribution >= 4 is 29.0 Å². The van der Waals surface area contributed by atoms with Gasteiger partial charge in [-0.15, -0.1) is 0 Å². The Balaban J connectivity index is 1.92. The van der Waals surface area contributed by atoms with Gasteiger partial charge >= 0.3 is 6.03 Å². The molecule has 1 fully saturated rings. The van der Waals surface area contributed by atoms with Crippen LogP contribution in [0.4, 0.5) is 10.5 Å². The number of hydrogen-bond acceptors (Lipinski definition) is 3. The van der Waals surface area contributed by atoms with Crippen molar-refractivity contribution in [2.75, 3.05) is 31.7 Å². The van der Waals surface area contributed by atoms with E-state index in [2.05, 4.69) is 5.32 Å². The van der Waals surface area contributed by atoms with Gasteiger partial charge in [0, 0.05) is 25.4 Å². The molecule has 1 aliphatic rings. The number of rotatable bonds is 4. The fourth-order valence-corrected chi connectivity index (χ4v) is 2.12. The van der Waals surface area contributed by atoms with Crippen LogP contribution in [0.3, 0.4) is 0 Å². The summed E-state index contributed by atoms with van der Waals surface area (Å²) >= 11 is 5.28. The van der Waals surface area contributed by atoms with Gasteiger partial charge in [-0.1, -0.05) is 18.2 Å². The number of hydrogen-bond donors (Lipinski definition) is 1. The molecule has 1 heterocycles. The zero-order chi connectivity index (χ0) is 13.7. The zero-order valence-electron chi connectivity index (χ0n) is 10.8. The van der Waals surface area contributed by atoms with Gasteiger partial charge in [0.25, 0.3) is 0 Å². The highest BCUT2D eigenvalue weighted by Gasteiger charge is 2.29. The Morgan fingerprint density at radius 1 is 1.37 bits per heavy atom. The van der Waals surface area contributed by atoms with Crippen LogP contribution in [0, 0.1) is 0 Å². The van der Waals surface area contributed by atoms with Crippen LogP contribution >= 0.6 is 12.2 Å². The van der Waals surface area contributed by atoms with Crippen molar-refractivity contribution in [2.45, 2.75) is 6.92 Å². The molecule has 1 aromatic carbocycles. The normalized spacial score (nSPS) is 14.9. The summed E-state index contributed by atoms with van der Waals surface area (Å²) < 4.78 is 5.31. The van der Waals surface area contributed by atoms with E-state index in [1.807, 2.05) is 42.2 Å². The first-order chi connectivity index (χ1) is 9.22. The van der Waals surface area contributed by atoms with Gasteiger partial charge in [0.15, 0.2) is 5.11 Å². The van der Waals surface area contributed by atoms with E-state index in [0.717, 1.165) is 5.69 Å². The summed E-state index contributed by atoms with van der Waals surface area (Å²) in [5.41, 5.74) is 0.763. The van der Waals surface area contributed by atoms with Crippen LogP contribution < -0.4 is 5.32 Å². The van der Waals surface area contributed by atoms with E-state index in [9.17, 15) is 4.79 Å². The third-order valence-electron chi connectivity index (χ3n) is 2.82. The molecular weight excluding hydrogens is 262 g/mol. The minimum atomic E-state index is -0.199. The second-order valence-corrected chi connectivity index (χ2v) is 4.48. The molecule has 102 valence electrons. The third kappa shape index (κ3) is 3.42. The highest BCUT2D eigenvalue weighted by atomic mass is 32.1. The quantitative estimate of drug-likeness (QED) is 0.858. The monoisotopic (exact) mass is 279 g/mol. The number of nitrogens with zero attached hydrogens (tertiary/aromatic N) is 2. The molecule has 1 aromatic rings. The summed E-state index contributed by atoms with van der Waals surface area (Å²) in [6.07, 6.45) is 0. The van der Waals surface area contributed by atoms with Crippen molar-refractivity contribution in [1.29, 1.82) is 0 Å². The summed E-state index contributed by atoms with van der Waals surface area (Å²) in [4.78, 5) is 15.5. The molecule has 0 unspecified atom stereocenters. The van der Waals surface area contributed by atoms with Gasteiger partial charge in [-0.2, -0.15) is 0 Å². The number of nitrogens with one attached hydrogen (secondary N) is 1. The minimum Gasteiger partial charge on any atom is -0.361 e. The molecule has 19 heavy (non-hydrogen) atoms. The van der Waals surface area contributed by atoms with Crippen LogP contribution in [0.25, 0.3) is 0 Å². The topological polar surface area (TPSA) is 44.8 Å². The summed E-state index contributed by atoms with van der Waals surface area (Å²) in [7, 11) is 0. The number of carbonyl (C=O) groups is 1. The van der Waals surface area contributed by atoms with Gasteiger partial charge in [0.05, 0.1) is 0 Å². The predicted octanol–water partition coefficient (Wildman–Crippen LogP) is 2.12. The van der Waals surface area contributed by atoms with E-state index >= 15 is 0 Å². The second-order valence-electron chi connectivity index (χ2n) is 4.12. The standard InChI is InChI=1S/C13H17N3O2S/c1-2-18-10-15-8-9-16(13(15)19)12(17)14-11-6-4-3-5-7-11/h3-7H,2,8-10H2,1H3,(H,14,17). The molecule has 5 nitrogen and oxygen atoms in total. The van der Waals surface area contributed by atoms with Crippen molar-refractivity contribution in [1.82, 2.24) is 9.80 Å². The largest absolute Gasteiger partial charge is 0.361 e. The van der Waals surface area contributed by atoms with Gasteiger partial charge in [0.1, 0.15) is 6.73 Å². The lowest BCUT2D eigenvalue weighted by molar-refractivity contribution is 0.0807. The number of ether oxygens (including phenoxy) is 1. The Morgan fingerprint density at radius 2 is 2.11 bits per heavy atom. The second kappa shape index (κ2) is 6.49. The highest BCUT2D eigenvalue weighted by molar-refractivity contribution is 7.80.